The first-order chi connectivity index (χ1) is 4.62. The Balaban J connectivity index is 2.28. The minimum Gasteiger partial charge on any atom is -0.0771 e. The van der Waals surface area contributed by atoms with Crippen molar-refractivity contribution >= 4 is 0 Å². The van der Waals surface area contributed by atoms with Gasteiger partial charge in [-0.05, 0) is 35.7 Å². The van der Waals surface area contributed by atoms with Crippen LogP contribution in [0.15, 0.2) is 6.08 Å². The van der Waals surface area contributed by atoms with Crippen molar-refractivity contribution < 1.29 is 0 Å². The molecule has 3 aliphatic rings. The molecule has 0 aromatic rings. The SMILES string of the molecule is CC1[C]=CC2CC1C2(C)C. The van der Waals surface area contributed by atoms with Gasteiger partial charge in [-0.2, -0.15) is 0 Å². The highest BCUT2D eigenvalue weighted by Crippen LogP contribution is 2.57. The van der Waals surface area contributed by atoms with Crippen molar-refractivity contribution in [2.45, 2.75) is 27.2 Å². The molecule has 0 spiro atoms. The molecule has 1 saturated carbocycles. The topological polar surface area (TPSA) is 0 Å². The standard InChI is InChI=1S/C10H15/c1-7-4-5-8-6-9(7)10(8,2)3/h5,7-9H,6H2,1-3H3. The zero-order valence-corrected chi connectivity index (χ0v) is 7.02. The third-order valence-corrected chi connectivity index (χ3v) is 3.58. The number of fused-ring (bicyclic) bond motifs is 1. The van der Waals surface area contributed by atoms with Gasteiger partial charge in [0, 0.05) is 0 Å². The Morgan fingerprint density at radius 2 is 2.20 bits per heavy atom. The van der Waals surface area contributed by atoms with Crippen LogP contribution in [0.2, 0.25) is 0 Å². The lowest BCUT2D eigenvalue weighted by atomic mass is 9.48. The smallest absolute Gasteiger partial charge is 0.0157 e. The van der Waals surface area contributed by atoms with Crippen LogP contribution in [-0.2, 0) is 0 Å². The van der Waals surface area contributed by atoms with E-state index >= 15 is 0 Å². The van der Waals surface area contributed by atoms with E-state index in [-0.39, 0.29) is 0 Å². The average molecular weight is 135 g/mol. The molecule has 2 bridgehead atoms. The maximum atomic E-state index is 3.41. The third-order valence-electron chi connectivity index (χ3n) is 3.58. The Morgan fingerprint density at radius 1 is 1.50 bits per heavy atom. The molecule has 0 saturated heterocycles. The summed E-state index contributed by atoms with van der Waals surface area (Å²) in [5, 5.41) is 0. The fraction of sp³-hybridized carbons (Fsp3) is 0.800. The van der Waals surface area contributed by atoms with Gasteiger partial charge < -0.3 is 0 Å². The van der Waals surface area contributed by atoms with Gasteiger partial charge >= 0.3 is 0 Å². The average Bonchev–Trinajstić information content (AvgIpc) is 1.87. The van der Waals surface area contributed by atoms with Gasteiger partial charge in [0.25, 0.3) is 0 Å². The van der Waals surface area contributed by atoms with Gasteiger partial charge in [0.15, 0.2) is 0 Å². The lowest BCUT2D eigenvalue weighted by Gasteiger charge is -2.56. The summed E-state index contributed by atoms with van der Waals surface area (Å²) >= 11 is 0. The molecule has 1 radical (unpaired) electrons. The Bertz CT molecular complexity index is 176. The molecule has 0 aliphatic heterocycles. The van der Waals surface area contributed by atoms with Crippen molar-refractivity contribution in [3.63, 3.8) is 0 Å². The lowest BCUT2D eigenvalue weighted by Crippen LogP contribution is -2.49. The van der Waals surface area contributed by atoms with E-state index in [1.165, 1.54) is 6.42 Å². The monoisotopic (exact) mass is 135 g/mol. The van der Waals surface area contributed by atoms with Gasteiger partial charge in [0.1, 0.15) is 0 Å². The van der Waals surface area contributed by atoms with Crippen LogP contribution in [0, 0.1) is 29.2 Å². The summed E-state index contributed by atoms with van der Waals surface area (Å²) in [7, 11) is 0. The molecule has 3 unspecified atom stereocenters. The van der Waals surface area contributed by atoms with Crippen LogP contribution < -0.4 is 0 Å². The van der Waals surface area contributed by atoms with Crippen LogP contribution in [-0.4, -0.2) is 0 Å². The summed E-state index contributed by atoms with van der Waals surface area (Å²) in [5.74, 6) is 2.47. The predicted octanol–water partition coefficient (Wildman–Crippen LogP) is 2.66. The molecule has 0 heterocycles. The second kappa shape index (κ2) is 1.66. The molecule has 3 atom stereocenters. The van der Waals surface area contributed by atoms with Crippen molar-refractivity contribution in [3.05, 3.63) is 12.2 Å². The fourth-order valence-corrected chi connectivity index (χ4v) is 2.51. The highest BCUT2D eigenvalue weighted by atomic mass is 14.5. The lowest BCUT2D eigenvalue weighted by molar-refractivity contribution is -0.0291. The van der Waals surface area contributed by atoms with Crippen LogP contribution in [0.3, 0.4) is 0 Å². The summed E-state index contributed by atoms with van der Waals surface area (Å²) in [4.78, 5) is 0. The third kappa shape index (κ3) is 0.574. The highest BCUT2D eigenvalue weighted by molar-refractivity contribution is 5.12. The van der Waals surface area contributed by atoms with E-state index in [4.69, 9.17) is 0 Å². The van der Waals surface area contributed by atoms with Crippen LogP contribution in [0.4, 0.5) is 0 Å². The van der Waals surface area contributed by atoms with Gasteiger partial charge in [0.05, 0.1) is 0 Å². The van der Waals surface area contributed by atoms with Gasteiger partial charge in [-0.1, -0.05) is 26.8 Å². The summed E-state index contributed by atoms with van der Waals surface area (Å²) < 4.78 is 0. The van der Waals surface area contributed by atoms with Gasteiger partial charge in [0.2, 0.25) is 0 Å². The van der Waals surface area contributed by atoms with Crippen LogP contribution in [0.1, 0.15) is 27.2 Å². The summed E-state index contributed by atoms with van der Waals surface area (Å²) in [5.41, 5.74) is 0.588. The minimum absolute atomic E-state index is 0.588. The van der Waals surface area contributed by atoms with Crippen molar-refractivity contribution in [3.8, 4) is 0 Å². The molecular formula is C10H15. The first-order valence-corrected chi connectivity index (χ1v) is 4.22. The maximum absolute atomic E-state index is 3.41. The number of hydrogen-bond donors (Lipinski definition) is 0. The molecule has 0 nitrogen and oxygen atoms in total. The quantitative estimate of drug-likeness (QED) is 0.479. The molecule has 0 aromatic carbocycles. The first-order valence-electron chi connectivity index (χ1n) is 4.22. The fourth-order valence-electron chi connectivity index (χ4n) is 2.51. The summed E-state index contributed by atoms with van der Waals surface area (Å²) in [6, 6.07) is 0. The second-order valence-corrected chi connectivity index (χ2v) is 4.39. The van der Waals surface area contributed by atoms with Gasteiger partial charge in [-0.3, -0.25) is 0 Å². The van der Waals surface area contributed by atoms with Crippen LogP contribution in [0.5, 0.6) is 0 Å². The highest BCUT2D eigenvalue weighted by Gasteiger charge is 2.50. The Labute approximate surface area is 63.3 Å². The zero-order chi connectivity index (χ0) is 7.35. The molecule has 0 heteroatoms. The van der Waals surface area contributed by atoms with Gasteiger partial charge in [-0.25, -0.2) is 0 Å². The Kier molecular flexibility index (Phi) is 1.07. The number of allylic oxidation sites excluding steroid dienone is 2. The second-order valence-electron chi connectivity index (χ2n) is 4.39. The normalized spacial score (nSPS) is 48.5. The molecular weight excluding hydrogens is 120 g/mol. The van der Waals surface area contributed by atoms with E-state index in [2.05, 4.69) is 32.9 Å². The van der Waals surface area contributed by atoms with Gasteiger partial charge in [-0.15, -0.1) is 0 Å². The first kappa shape index (κ1) is 6.45. The Morgan fingerprint density at radius 3 is 2.50 bits per heavy atom. The summed E-state index contributed by atoms with van der Waals surface area (Å²) in [6.07, 6.45) is 7.13. The number of hydrogen-bond acceptors (Lipinski definition) is 0. The largest absolute Gasteiger partial charge is 0.0771 e. The van der Waals surface area contributed by atoms with Crippen molar-refractivity contribution in [2.75, 3.05) is 0 Å². The zero-order valence-electron chi connectivity index (χ0n) is 7.02. The van der Waals surface area contributed by atoms with Crippen molar-refractivity contribution in [2.24, 2.45) is 23.2 Å². The molecule has 0 aromatic heterocycles. The van der Waals surface area contributed by atoms with E-state index in [1.807, 2.05) is 0 Å². The van der Waals surface area contributed by atoms with E-state index in [0.717, 1.165) is 11.8 Å². The number of rotatable bonds is 0. The summed E-state index contributed by atoms with van der Waals surface area (Å²) in [6.45, 7) is 7.07. The molecule has 55 valence electrons. The Hall–Kier alpha value is -0.260. The van der Waals surface area contributed by atoms with Crippen LogP contribution in [0.25, 0.3) is 0 Å². The van der Waals surface area contributed by atoms with E-state index in [1.54, 1.807) is 0 Å². The predicted molar refractivity (Wildman–Crippen MR) is 42.4 cm³/mol. The van der Waals surface area contributed by atoms with Crippen LogP contribution >= 0.6 is 0 Å². The molecule has 0 amide bonds. The molecule has 3 rings (SSSR count). The van der Waals surface area contributed by atoms with E-state index in [0.29, 0.717) is 11.3 Å². The molecule has 3 aliphatic carbocycles. The van der Waals surface area contributed by atoms with Crippen molar-refractivity contribution in [1.82, 2.24) is 0 Å². The molecule has 0 N–H and O–H groups in total. The maximum Gasteiger partial charge on any atom is -0.0157 e. The molecule has 1 fully saturated rings. The van der Waals surface area contributed by atoms with Crippen molar-refractivity contribution in [1.29, 1.82) is 0 Å². The molecule has 10 heavy (non-hydrogen) atoms. The van der Waals surface area contributed by atoms with E-state index < -0.39 is 0 Å². The van der Waals surface area contributed by atoms with E-state index in [9.17, 15) is 0 Å². The minimum atomic E-state index is 0.588.